The van der Waals surface area contributed by atoms with Gasteiger partial charge in [-0.3, -0.25) is 0 Å². The van der Waals surface area contributed by atoms with Gasteiger partial charge >= 0.3 is 0 Å². The fraction of sp³-hybridized carbons (Fsp3) is 0.769. The van der Waals surface area contributed by atoms with Crippen LogP contribution in [-0.4, -0.2) is 4.98 Å². The molecule has 0 bridgehead atoms. The van der Waals surface area contributed by atoms with Crippen LogP contribution in [0.2, 0.25) is 0 Å². The van der Waals surface area contributed by atoms with E-state index in [1.165, 1.54) is 17.7 Å². The first-order valence-electron chi connectivity index (χ1n) is 6.26. The third kappa shape index (κ3) is 2.30. The van der Waals surface area contributed by atoms with Crippen LogP contribution in [0.5, 0.6) is 0 Å². The van der Waals surface area contributed by atoms with Crippen molar-refractivity contribution in [1.82, 2.24) is 4.98 Å². The van der Waals surface area contributed by atoms with E-state index in [-0.39, 0.29) is 5.54 Å². The molecule has 2 rings (SSSR count). The maximum atomic E-state index is 6.50. The van der Waals surface area contributed by atoms with Gasteiger partial charge in [-0.2, -0.15) is 0 Å². The Morgan fingerprint density at radius 1 is 1.44 bits per heavy atom. The average molecular weight is 238 g/mol. The third-order valence-corrected chi connectivity index (χ3v) is 5.20. The number of nitrogens with two attached hydrogens (primary N) is 1. The molecular weight excluding hydrogens is 216 g/mol. The molecule has 1 aliphatic rings. The Hall–Kier alpha value is -0.410. The van der Waals surface area contributed by atoms with Crippen molar-refractivity contribution < 1.29 is 0 Å². The fourth-order valence-electron chi connectivity index (χ4n) is 2.27. The second-order valence-electron chi connectivity index (χ2n) is 5.56. The lowest BCUT2D eigenvalue weighted by atomic mass is 9.78. The molecule has 0 aromatic carbocycles. The zero-order valence-electron chi connectivity index (χ0n) is 10.5. The van der Waals surface area contributed by atoms with Crippen LogP contribution in [0.3, 0.4) is 0 Å². The maximum Gasteiger partial charge on any atom is 0.113 e. The van der Waals surface area contributed by atoms with E-state index in [2.05, 4.69) is 25.8 Å². The van der Waals surface area contributed by atoms with E-state index < -0.39 is 0 Å². The lowest BCUT2D eigenvalue weighted by Gasteiger charge is -2.34. The van der Waals surface area contributed by atoms with Gasteiger partial charge in [0, 0.05) is 11.1 Å². The summed E-state index contributed by atoms with van der Waals surface area (Å²) in [6, 6.07) is 0. The van der Waals surface area contributed by atoms with Gasteiger partial charge in [-0.1, -0.05) is 20.8 Å². The van der Waals surface area contributed by atoms with Crippen LogP contribution >= 0.6 is 11.3 Å². The van der Waals surface area contributed by atoms with Crippen molar-refractivity contribution in [3.05, 3.63) is 16.1 Å². The molecule has 0 unspecified atom stereocenters. The van der Waals surface area contributed by atoms with E-state index >= 15 is 0 Å². The summed E-state index contributed by atoms with van der Waals surface area (Å²) in [7, 11) is 0. The van der Waals surface area contributed by atoms with E-state index in [0.29, 0.717) is 5.92 Å². The predicted molar refractivity (Wildman–Crippen MR) is 69.7 cm³/mol. The fourth-order valence-corrected chi connectivity index (χ4v) is 3.35. The molecular formula is C13H22N2S. The summed E-state index contributed by atoms with van der Waals surface area (Å²) in [5, 5.41) is 1.16. The first-order chi connectivity index (χ1) is 7.51. The van der Waals surface area contributed by atoms with E-state index in [4.69, 9.17) is 5.73 Å². The first-order valence-corrected chi connectivity index (χ1v) is 7.08. The highest BCUT2D eigenvalue weighted by atomic mass is 32.1. The number of hydrogen-bond acceptors (Lipinski definition) is 3. The van der Waals surface area contributed by atoms with Gasteiger partial charge in [0.05, 0.1) is 5.54 Å². The number of hydrogen-bond donors (Lipinski definition) is 1. The molecule has 0 amide bonds. The van der Waals surface area contributed by atoms with Crippen molar-refractivity contribution in [2.45, 2.75) is 57.9 Å². The Bertz CT molecular complexity index is 349. The number of aromatic nitrogens is 1. The summed E-state index contributed by atoms with van der Waals surface area (Å²) in [6.45, 7) is 6.74. The van der Waals surface area contributed by atoms with Crippen LogP contribution < -0.4 is 5.73 Å². The van der Waals surface area contributed by atoms with Crippen LogP contribution in [0.1, 0.15) is 62.3 Å². The molecule has 0 aliphatic heterocycles. The smallest absolute Gasteiger partial charge is 0.113 e. The molecule has 90 valence electrons. The highest BCUT2D eigenvalue weighted by Crippen LogP contribution is 2.39. The van der Waals surface area contributed by atoms with Gasteiger partial charge in [0.1, 0.15) is 5.01 Å². The molecule has 3 heteroatoms. The number of nitrogens with zero attached hydrogens (tertiary/aromatic N) is 1. The van der Waals surface area contributed by atoms with Gasteiger partial charge in [-0.15, -0.1) is 11.3 Å². The molecule has 1 aromatic heterocycles. The van der Waals surface area contributed by atoms with Crippen LogP contribution in [0.15, 0.2) is 6.20 Å². The first kappa shape index (κ1) is 12.1. The lowest BCUT2D eigenvalue weighted by Crippen LogP contribution is -2.40. The molecule has 0 atom stereocenters. The van der Waals surface area contributed by atoms with Gasteiger partial charge in [-0.05, 0) is 37.5 Å². The highest BCUT2D eigenvalue weighted by molar-refractivity contribution is 7.11. The summed E-state index contributed by atoms with van der Waals surface area (Å²) < 4.78 is 0. The van der Waals surface area contributed by atoms with Crippen LogP contribution in [-0.2, 0) is 5.54 Å². The molecule has 2 N–H and O–H groups in total. The van der Waals surface area contributed by atoms with Crippen LogP contribution in [0.25, 0.3) is 0 Å². The molecule has 1 aromatic rings. The van der Waals surface area contributed by atoms with Crippen LogP contribution in [0, 0.1) is 5.92 Å². The topological polar surface area (TPSA) is 38.9 Å². The number of thiazole rings is 1. The zero-order valence-corrected chi connectivity index (χ0v) is 11.3. The lowest BCUT2D eigenvalue weighted by molar-refractivity contribution is 0.247. The van der Waals surface area contributed by atoms with Crippen molar-refractivity contribution in [2.24, 2.45) is 11.7 Å². The molecule has 0 spiro atoms. The molecule has 1 fully saturated rings. The standard InChI is InChI=1S/C13H22N2S/c1-9(2)11-8-15-12(16-11)13(14)6-4-10(3)5-7-13/h8-10H,4-7,14H2,1-3H3. The maximum absolute atomic E-state index is 6.50. The van der Waals surface area contributed by atoms with Gasteiger partial charge in [0.2, 0.25) is 0 Å². The number of rotatable bonds is 2. The minimum atomic E-state index is -0.135. The molecule has 1 saturated carbocycles. The Kier molecular flexibility index (Phi) is 3.36. The van der Waals surface area contributed by atoms with Crippen molar-refractivity contribution >= 4 is 11.3 Å². The summed E-state index contributed by atoms with van der Waals surface area (Å²) >= 11 is 1.81. The quantitative estimate of drug-likeness (QED) is 0.854. The van der Waals surface area contributed by atoms with Crippen molar-refractivity contribution in [3.63, 3.8) is 0 Å². The minimum absolute atomic E-state index is 0.135. The predicted octanol–water partition coefficient (Wildman–Crippen LogP) is 3.63. The average Bonchev–Trinajstić information content (AvgIpc) is 2.72. The Labute approximate surface area is 102 Å². The molecule has 0 radical (unpaired) electrons. The highest BCUT2D eigenvalue weighted by Gasteiger charge is 2.34. The van der Waals surface area contributed by atoms with Gasteiger partial charge in [0.15, 0.2) is 0 Å². The Morgan fingerprint density at radius 3 is 2.56 bits per heavy atom. The van der Waals surface area contributed by atoms with Crippen LogP contribution in [0.4, 0.5) is 0 Å². The zero-order chi connectivity index (χ0) is 11.8. The second-order valence-corrected chi connectivity index (χ2v) is 6.62. The van der Waals surface area contributed by atoms with Gasteiger partial charge < -0.3 is 5.73 Å². The van der Waals surface area contributed by atoms with E-state index in [1.54, 1.807) is 0 Å². The van der Waals surface area contributed by atoms with E-state index in [9.17, 15) is 0 Å². The summed E-state index contributed by atoms with van der Waals surface area (Å²) in [6.07, 6.45) is 6.69. The second kappa shape index (κ2) is 4.46. The van der Waals surface area contributed by atoms with E-state index in [1.807, 2.05) is 17.5 Å². The molecule has 2 nitrogen and oxygen atoms in total. The van der Waals surface area contributed by atoms with Crippen molar-refractivity contribution in [1.29, 1.82) is 0 Å². The molecule has 16 heavy (non-hydrogen) atoms. The summed E-state index contributed by atoms with van der Waals surface area (Å²) in [4.78, 5) is 5.91. The third-order valence-electron chi connectivity index (χ3n) is 3.69. The van der Waals surface area contributed by atoms with Gasteiger partial charge in [0.25, 0.3) is 0 Å². The molecule has 0 saturated heterocycles. The normalized spacial score (nSPS) is 30.9. The van der Waals surface area contributed by atoms with Crippen molar-refractivity contribution in [2.75, 3.05) is 0 Å². The SMILES string of the molecule is CC1CCC(N)(c2ncc(C(C)C)s2)CC1. The Balaban J connectivity index is 2.16. The minimum Gasteiger partial charge on any atom is -0.319 e. The molecule has 1 heterocycles. The molecule has 1 aliphatic carbocycles. The van der Waals surface area contributed by atoms with Gasteiger partial charge in [-0.25, -0.2) is 4.98 Å². The van der Waals surface area contributed by atoms with Crippen molar-refractivity contribution in [3.8, 4) is 0 Å². The monoisotopic (exact) mass is 238 g/mol. The van der Waals surface area contributed by atoms with E-state index in [0.717, 1.165) is 23.8 Å². The summed E-state index contributed by atoms with van der Waals surface area (Å²) in [5.74, 6) is 1.40. The summed E-state index contributed by atoms with van der Waals surface area (Å²) in [5.41, 5.74) is 6.37. The largest absolute Gasteiger partial charge is 0.319 e. The Morgan fingerprint density at radius 2 is 2.06 bits per heavy atom.